The molecule has 0 aliphatic rings. The van der Waals surface area contributed by atoms with Gasteiger partial charge in [-0.05, 0) is 48.3 Å². The summed E-state index contributed by atoms with van der Waals surface area (Å²) in [5, 5.41) is 0. The summed E-state index contributed by atoms with van der Waals surface area (Å²) in [6.45, 7) is 4.49. The van der Waals surface area contributed by atoms with Gasteiger partial charge in [0, 0.05) is 0 Å². The molecule has 0 amide bonds. The first-order valence-corrected chi connectivity index (χ1v) is 7.38. The molecule has 0 aliphatic carbocycles. The van der Waals surface area contributed by atoms with Crippen LogP contribution in [-0.4, -0.2) is 0 Å². The average molecular weight is 252 g/mol. The average Bonchev–Trinajstić information content (AvgIpc) is 2.45. The molecule has 0 aliphatic heterocycles. The Kier molecular flexibility index (Phi) is 5.20. The molecule has 2 rings (SSSR count). The van der Waals surface area contributed by atoms with Gasteiger partial charge in [-0.25, -0.2) is 0 Å². The van der Waals surface area contributed by atoms with Crippen molar-refractivity contribution in [2.24, 2.45) is 0 Å². The molecular weight excluding hydrogens is 228 g/mol. The summed E-state index contributed by atoms with van der Waals surface area (Å²) in [5.41, 5.74) is 4.36. The number of hydrogen-bond acceptors (Lipinski definition) is 0. The van der Waals surface area contributed by atoms with Gasteiger partial charge in [0.25, 0.3) is 0 Å². The topological polar surface area (TPSA) is 0 Å². The van der Waals surface area contributed by atoms with Gasteiger partial charge in [0.1, 0.15) is 0 Å². The van der Waals surface area contributed by atoms with Gasteiger partial charge in [-0.1, -0.05) is 68.4 Å². The van der Waals surface area contributed by atoms with Crippen molar-refractivity contribution in [3.8, 4) is 0 Å². The maximum absolute atomic E-state index is 2.29. The van der Waals surface area contributed by atoms with Crippen LogP contribution in [0.4, 0.5) is 0 Å². The highest BCUT2D eigenvalue weighted by atomic mass is 14.0. The molecule has 0 spiro atoms. The van der Waals surface area contributed by atoms with Crippen molar-refractivity contribution in [1.82, 2.24) is 0 Å². The van der Waals surface area contributed by atoms with Gasteiger partial charge in [-0.15, -0.1) is 0 Å². The molecule has 19 heavy (non-hydrogen) atoms. The zero-order chi connectivity index (χ0) is 13.5. The predicted octanol–water partition coefficient (Wildman–Crippen LogP) is 5.38. The van der Waals surface area contributed by atoms with Crippen LogP contribution < -0.4 is 0 Å². The first-order valence-electron chi connectivity index (χ1n) is 7.38. The predicted molar refractivity (Wildman–Crippen MR) is 83.6 cm³/mol. The van der Waals surface area contributed by atoms with Gasteiger partial charge in [-0.3, -0.25) is 0 Å². The Morgan fingerprint density at radius 2 is 1.21 bits per heavy atom. The summed E-state index contributed by atoms with van der Waals surface area (Å²) in [6.07, 6.45) is 4.95. The lowest BCUT2D eigenvalue weighted by molar-refractivity contribution is 0.733. The largest absolute Gasteiger partial charge is 0.0622 e. The van der Waals surface area contributed by atoms with Gasteiger partial charge in [0.2, 0.25) is 0 Å². The maximum atomic E-state index is 2.29. The summed E-state index contributed by atoms with van der Waals surface area (Å²) < 4.78 is 0. The van der Waals surface area contributed by atoms with Crippen molar-refractivity contribution in [2.45, 2.75) is 45.4 Å². The van der Waals surface area contributed by atoms with Crippen LogP contribution in [0.5, 0.6) is 0 Å². The quantitative estimate of drug-likeness (QED) is 0.606. The Morgan fingerprint density at radius 1 is 0.684 bits per heavy atom. The van der Waals surface area contributed by atoms with Crippen LogP contribution in [0.25, 0.3) is 0 Å². The lowest BCUT2D eigenvalue weighted by Crippen LogP contribution is -1.91. The van der Waals surface area contributed by atoms with Crippen LogP contribution in [0.3, 0.4) is 0 Å². The molecule has 0 fully saturated rings. The molecule has 0 unspecified atom stereocenters. The third-order valence-corrected chi connectivity index (χ3v) is 3.67. The minimum Gasteiger partial charge on any atom is -0.0622 e. The lowest BCUT2D eigenvalue weighted by Gasteiger charge is -2.07. The van der Waals surface area contributed by atoms with Crippen LogP contribution >= 0.6 is 0 Å². The summed E-state index contributed by atoms with van der Waals surface area (Å²) in [4.78, 5) is 0. The number of unbranched alkanes of at least 4 members (excludes halogenated alkanes) is 1. The summed E-state index contributed by atoms with van der Waals surface area (Å²) in [6, 6.07) is 19.9. The Balaban J connectivity index is 1.74. The van der Waals surface area contributed by atoms with E-state index in [4.69, 9.17) is 0 Å². The number of rotatable bonds is 6. The van der Waals surface area contributed by atoms with Crippen molar-refractivity contribution >= 4 is 0 Å². The van der Waals surface area contributed by atoms with Crippen molar-refractivity contribution < 1.29 is 0 Å². The molecule has 0 radical (unpaired) electrons. The molecule has 0 saturated heterocycles. The minimum absolute atomic E-state index is 0.632. The number of benzene rings is 2. The standard InChI is InChI=1S/C19H24/c1-16(2)19-14-12-18(13-15-19)11-7-6-10-17-8-4-3-5-9-17/h3-5,8-9,12-16H,6-7,10-11H2,1-2H3. The normalized spacial score (nSPS) is 10.9. The molecule has 0 atom stereocenters. The highest BCUT2D eigenvalue weighted by Crippen LogP contribution is 2.16. The third kappa shape index (κ3) is 4.55. The second-order valence-electron chi connectivity index (χ2n) is 5.59. The van der Waals surface area contributed by atoms with E-state index >= 15 is 0 Å². The van der Waals surface area contributed by atoms with Gasteiger partial charge >= 0.3 is 0 Å². The summed E-state index contributed by atoms with van der Waals surface area (Å²) >= 11 is 0. The molecule has 2 aromatic rings. The van der Waals surface area contributed by atoms with Crippen molar-refractivity contribution in [3.05, 3.63) is 71.3 Å². The highest BCUT2D eigenvalue weighted by molar-refractivity contribution is 5.24. The van der Waals surface area contributed by atoms with Crippen LogP contribution in [0.2, 0.25) is 0 Å². The van der Waals surface area contributed by atoms with Crippen LogP contribution in [-0.2, 0) is 12.8 Å². The van der Waals surface area contributed by atoms with E-state index in [1.165, 1.54) is 42.4 Å². The van der Waals surface area contributed by atoms with Gasteiger partial charge in [0.05, 0.1) is 0 Å². The molecule has 2 aromatic carbocycles. The van der Waals surface area contributed by atoms with E-state index in [0.717, 1.165) is 0 Å². The summed E-state index contributed by atoms with van der Waals surface area (Å²) in [5.74, 6) is 0.632. The second kappa shape index (κ2) is 7.13. The molecule has 0 saturated carbocycles. The van der Waals surface area contributed by atoms with Crippen LogP contribution in [0.15, 0.2) is 54.6 Å². The number of aryl methyl sites for hydroxylation is 2. The molecule has 0 heterocycles. The lowest BCUT2D eigenvalue weighted by atomic mass is 9.99. The van der Waals surface area contributed by atoms with Crippen molar-refractivity contribution in [3.63, 3.8) is 0 Å². The van der Waals surface area contributed by atoms with E-state index in [-0.39, 0.29) is 0 Å². The Hall–Kier alpha value is -1.56. The van der Waals surface area contributed by atoms with E-state index in [1.54, 1.807) is 0 Å². The molecular formula is C19H24. The fraction of sp³-hybridized carbons (Fsp3) is 0.368. The second-order valence-corrected chi connectivity index (χ2v) is 5.59. The SMILES string of the molecule is CC(C)c1ccc(CCCCc2ccccc2)cc1. The highest BCUT2D eigenvalue weighted by Gasteiger charge is 1.99. The van der Waals surface area contributed by atoms with Gasteiger partial charge < -0.3 is 0 Å². The smallest absolute Gasteiger partial charge is 0.0219 e. The Morgan fingerprint density at radius 3 is 1.74 bits per heavy atom. The first-order chi connectivity index (χ1) is 9.25. The molecule has 0 bridgehead atoms. The number of hydrogen-bond donors (Lipinski definition) is 0. The fourth-order valence-corrected chi connectivity index (χ4v) is 2.37. The molecule has 0 heteroatoms. The van der Waals surface area contributed by atoms with E-state index < -0.39 is 0 Å². The monoisotopic (exact) mass is 252 g/mol. The van der Waals surface area contributed by atoms with Gasteiger partial charge in [0.15, 0.2) is 0 Å². The van der Waals surface area contributed by atoms with Crippen LogP contribution in [0, 0.1) is 0 Å². The zero-order valence-electron chi connectivity index (χ0n) is 12.1. The van der Waals surface area contributed by atoms with E-state index in [0.29, 0.717) is 5.92 Å². The van der Waals surface area contributed by atoms with Crippen molar-refractivity contribution in [1.29, 1.82) is 0 Å². The zero-order valence-corrected chi connectivity index (χ0v) is 12.1. The van der Waals surface area contributed by atoms with E-state index in [9.17, 15) is 0 Å². The van der Waals surface area contributed by atoms with Crippen molar-refractivity contribution in [2.75, 3.05) is 0 Å². The maximum Gasteiger partial charge on any atom is -0.0219 e. The Labute approximate surface area is 117 Å². The molecule has 100 valence electrons. The molecule has 0 N–H and O–H groups in total. The first kappa shape index (κ1) is 13.9. The minimum atomic E-state index is 0.632. The fourth-order valence-electron chi connectivity index (χ4n) is 2.37. The van der Waals surface area contributed by atoms with Crippen LogP contribution in [0.1, 0.15) is 49.3 Å². The summed E-state index contributed by atoms with van der Waals surface area (Å²) in [7, 11) is 0. The van der Waals surface area contributed by atoms with E-state index in [2.05, 4.69) is 68.4 Å². The molecule has 0 nitrogen and oxygen atoms in total. The third-order valence-electron chi connectivity index (χ3n) is 3.67. The molecule has 0 aromatic heterocycles. The Bertz CT molecular complexity index is 465. The van der Waals surface area contributed by atoms with E-state index in [1.807, 2.05) is 0 Å². The van der Waals surface area contributed by atoms with Gasteiger partial charge in [-0.2, -0.15) is 0 Å².